The molecule has 4 rings (SSSR count). The predicted molar refractivity (Wildman–Crippen MR) is 156 cm³/mol. The van der Waals surface area contributed by atoms with Crippen molar-refractivity contribution in [3.8, 4) is 11.4 Å². The van der Waals surface area contributed by atoms with E-state index in [4.69, 9.17) is 33.0 Å². The van der Waals surface area contributed by atoms with Crippen LogP contribution in [0.2, 0.25) is 10.0 Å². The van der Waals surface area contributed by atoms with Gasteiger partial charge < -0.3 is 9.84 Å². The number of Topliss-reactive ketones (excluding diaryl/α,β-unsaturated/α-hetero) is 1. The van der Waals surface area contributed by atoms with Crippen molar-refractivity contribution in [2.75, 3.05) is 45.9 Å². The molecule has 0 amide bonds. The molecule has 2 heterocycles. The molecule has 0 spiro atoms. The number of carbonyl (C=O) groups excluding carboxylic acids is 1. The van der Waals surface area contributed by atoms with Gasteiger partial charge in [0.05, 0.1) is 17.9 Å². The minimum Gasteiger partial charge on any atom is -0.491 e. The molecule has 0 saturated carbocycles. The van der Waals surface area contributed by atoms with E-state index in [2.05, 4.69) is 29.7 Å². The molecule has 10 heteroatoms. The number of hydrogen-bond acceptors (Lipinski definition) is 6. The Kier molecular flexibility index (Phi) is 11.0. The number of halogens is 3. The minimum atomic E-state index is -0.651. The van der Waals surface area contributed by atoms with Crippen molar-refractivity contribution >= 4 is 29.0 Å². The highest BCUT2D eigenvalue weighted by Crippen LogP contribution is 2.24. The van der Waals surface area contributed by atoms with E-state index in [-0.39, 0.29) is 18.2 Å². The third kappa shape index (κ3) is 9.28. The molecule has 3 aromatic rings. The first kappa shape index (κ1) is 30.5. The van der Waals surface area contributed by atoms with Crippen LogP contribution in [0.4, 0.5) is 4.39 Å². The quantitative estimate of drug-likeness (QED) is 0.299. The monoisotopic (exact) mass is 590 g/mol. The Balaban J connectivity index is 1.21. The van der Waals surface area contributed by atoms with Crippen LogP contribution in [-0.2, 0) is 17.6 Å². The summed E-state index contributed by atoms with van der Waals surface area (Å²) in [5.74, 6) is 0.838. The number of carbonyl (C=O) groups is 1. The molecule has 1 atom stereocenters. The lowest BCUT2D eigenvalue weighted by Gasteiger charge is -2.35. The second-order valence-corrected chi connectivity index (χ2v) is 11.7. The van der Waals surface area contributed by atoms with E-state index in [9.17, 15) is 14.3 Å². The van der Waals surface area contributed by atoms with Crippen molar-refractivity contribution in [2.45, 2.75) is 39.2 Å². The van der Waals surface area contributed by atoms with Gasteiger partial charge in [-0.15, -0.1) is 0 Å². The number of β-amino-alcohol motifs (C(OH)–C–C–N with tert-alkyl or cyclic N) is 1. The van der Waals surface area contributed by atoms with Gasteiger partial charge in [0.1, 0.15) is 30.1 Å². The van der Waals surface area contributed by atoms with Gasteiger partial charge in [0.2, 0.25) is 0 Å². The van der Waals surface area contributed by atoms with Gasteiger partial charge in [-0.1, -0.05) is 37.0 Å². The third-order valence-electron chi connectivity index (χ3n) is 6.79. The topological polar surface area (TPSA) is 70.8 Å². The summed E-state index contributed by atoms with van der Waals surface area (Å²) in [5, 5.41) is 16.2. The van der Waals surface area contributed by atoms with Crippen LogP contribution in [-0.4, -0.2) is 82.4 Å². The molecular weight excluding hydrogens is 554 g/mol. The highest BCUT2D eigenvalue weighted by Gasteiger charge is 2.21. The number of hydrogen-bond donors (Lipinski definition) is 1. The summed E-state index contributed by atoms with van der Waals surface area (Å²) < 4.78 is 20.4. The number of aliphatic hydroxyl groups excluding tert-OH is 1. The molecule has 1 saturated heterocycles. The lowest BCUT2D eigenvalue weighted by Crippen LogP contribution is -2.50. The smallest absolute Gasteiger partial charge is 0.147 e. The maximum absolute atomic E-state index is 13.0. The average molecular weight is 592 g/mol. The maximum Gasteiger partial charge on any atom is 0.147 e. The first-order chi connectivity index (χ1) is 19.1. The second kappa shape index (κ2) is 14.4. The van der Waals surface area contributed by atoms with Crippen molar-refractivity contribution in [1.29, 1.82) is 0 Å². The van der Waals surface area contributed by atoms with Gasteiger partial charge in [-0.25, -0.2) is 9.07 Å². The Morgan fingerprint density at radius 1 is 1.02 bits per heavy atom. The van der Waals surface area contributed by atoms with E-state index in [1.54, 1.807) is 18.2 Å². The number of piperazine rings is 1. The fourth-order valence-electron chi connectivity index (χ4n) is 4.85. The predicted octanol–water partition coefficient (Wildman–Crippen LogP) is 5.08. The van der Waals surface area contributed by atoms with Crippen LogP contribution in [0.3, 0.4) is 0 Å². The number of benzene rings is 2. The standard InChI is InChI=1S/C30H37Cl2FN4O3/c1-21(2)13-26-17-25(34-37(26)27-15-22(31)14-23(32)16-27)5-6-28(38)18-35-9-11-36(12-10-35)19-29(39)20-40-30-7-3-24(33)4-8-30/h3-4,7-8,14-17,21,29,39H,5-6,9-13,18-20H2,1-2H3/t29-/m1/s1. The number of ketones is 1. The van der Waals surface area contributed by atoms with Gasteiger partial charge in [-0.2, -0.15) is 5.10 Å². The van der Waals surface area contributed by atoms with E-state index < -0.39 is 6.10 Å². The zero-order valence-electron chi connectivity index (χ0n) is 23.0. The van der Waals surface area contributed by atoms with E-state index in [1.807, 2.05) is 16.8 Å². The second-order valence-electron chi connectivity index (χ2n) is 10.8. The molecule has 40 heavy (non-hydrogen) atoms. The molecule has 1 aliphatic heterocycles. The third-order valence-corrected chi connectivity index (χ3v) is 7.23. The fraction of sp³-hybridized carbons (Fsp3) is 0.467. The summed E-state index contributed by atoms with van der Waals surface area (Å²) in [6.07, 6.45) is 1.20. The molecule has 7 nitrogen and oxygen atoms in total. The number of nitrogens with zero attached hydrogens (tertiary/aromatic N) is 4. The SMILES string of the molecule is CC(C)Cc1cc(CCC(=O)CN2CCN(C[C@@H](O)COc3ccc(F)cc3)CC2)nn1-c1cc(Cl)cc(Cl)c1. The average Bonchev–Trinajstić information content (AvgIpc) is 3.30. The number of rotatable bonds is 13. The zero-order chi connectivity index (χ0) is 28.6. The van der Waals surface area contributed by atoms with Crippen LogP contribution in [0.15, 0.2) is 48.5 Å². The molecule has 0 bridgehead atoms. The molecular formula is C30H37Cl2FN4O3. The Hall–Kier alpha value is -2.49. The van der Waals surface area contributed by atoms with Crippen LogP contribution >= 0.6 is 23.2 Å². The Labute approximate surface area is 245 Å². The molecule has 0 radical (unpaired) electrons. The van der Waals surface area contributed by atoms with Crippen LogP contribution in [0.25, 0.3) is 5.69 Å². The summed E-state index contributed by atoms with van der Waals surface area (Å²) in [4.78, 5) is 17.1. The van der Waals surface area contributed by atoms with Crippen molar-refractivity contribution in [3.63, 3.8) is 0 Å². The molecule has 2 aromatic carbocycles. The zero-order valence-corrected chi connectivity index (χ0v) is 24.5. The van der Waals surface area contributed by atoms with Crippen molar-refractivity contribution in [1.82, 2.24) is 19.6 Å². The number of ether oxygens (including phenoxy) is 1. The lowest BCUT2D eigenvalue weighted by molar-refractivity contribution is -0.120. The summed E-state index contributed by atoms with van der Waals surface area (Å²) in [6.45, 7) is 8.43. The normalized spacial score (nSPS) is 15.5. The van der Waals surface area contributed by atoms with E-state index >= 15 is 0 Å². The van der Waals surface area contributed by atoms with E-state index in [0.29, 0.717) is 47.6 Å². The number of aliphatic hydroxyl groups is 1. The molecule has 0 unspecified atom stereocenters. The maximum atomic E-state index is 13.0. The van der Waals surface area contributed by atoms with Gasteiger partial charge in [-0.3, -0.25) is 14.6 Å². The molecule has 1 fully saturated rings. The molecule has 1 aliphatic rings. The van der Waals surface area contributed by atoms with Gasteiger partial charge >= 0.3 is 0 Å². The Morgan fingerprint density at radius 2 is 1.68 bits per heavy atom. The summed E-state index contributed by atoms with van der Waals surface area (Å²) in [6, 6.07) is 13.2. The summed E-state index contributed by atoms with van der Waals surface area (Å²) >= 11 is 12.5. The number of aryl methyl sites for hydroxylation is 1. The minimum absolute atomic E-state index is 0.142. The van der Waals surface area contributed by atoms with Crippen LogP contribution < -0.4 is 4.74 Å². The molecule has 216 valence electrons. The van der Waals surface area contributed by atoms with Crippen LogP contribution in [0.5, 0.6) is 5.75 Å². The molecule has 1 aromatic heterocycles. The first-order valence-corrected chi connectivity index (χ1v) is 14.5. The van der Waals surface area contributed by atoms with Gasteiger partial charge in [-0.05, 0) is 67.3 Å². The van der Waals surface area contributed by atoms with Crippen LogP contribution in [0.1, 0.15) is 31.7 Å². The Bertz CT molecular complexity index is 1240. The summed E-state index contributed by atoms with van der Waals surface area (Å²) in [7, 11) is 0. The molecule has 0 aliphatic carbocycles. The highest BCUT2D eigenvalue weighted by molar-refractivity contribution is 6.34. The molecule has 1 N–H and O–H groups in total. The van der Waals surface area contributed by atoms with Gasteiger partial charge in [0.25, 0.3) is 0 Å². The summed E-state index contributed by atoms with van der Waals surface area (Å²) in [5.41, 5.74) is 2.76. The Morgan fingerprint density at radius 3 is 2.33 bits per heavy atom. The van der Waals surface area contributed by atoms with Gasteiger partial charge in [0.15, 0.2) is 0 Å². The fourth-order valence-corrected chi connectivity index (χ4v) is 5.36. The van der Waals surface area contributed by atoms with Crippen LogP contribution in [0, 0.1) is 11.7 Å². The van der Waals surface area contributed by atoms with E-state index in [1.165, 1.54) is 12.1 Å². The van der Waals surface area contributed by atoms with Gasteiger partial charge in [0, 0.05) is 54.9 Å². The van der Waals surface area contributed by atoms with Crippen molar-refractivity contribution in [2.24, 2.45) is 5.92 Å². The number of aromatic nitrogens is 2. The lowest BCUT2D eigenvalue weighted by atomic mass is 10.1. The van der Waals surface area contributed by atoms with Crippen molar-refractivity contribution in [3.05, 3.63) is 75.8 Å². The highest BCUT2D eigenvalue weighted by atomic mass is 35.5. The van der Waals surface area contributed by atoms with Crippen molar-refractivity contribution < 1.29 is 19.0 Å². The largest absolute Gasteiger partial charge is 0.491 e. The van der Waals surface area contributed by atoms with E-state index in [0.717, 1.165) is 49.7 Å². The first-order valence-electron chi connectivity index (χ1n) is 13.7.